The van der Waals surface area contributed by atoms with E-state index in [1.54, 1.807) is 12.1 Å². The molecule has 0 spiro atoms. The Kier molecular flexibility index (Phi) is 4.86. The van der Waals surface area contributed by atoms with Crippen LogP contribution in [0.3, 0.4) is 0 Å². The number of sulfonamides is 1. The molecule has 0 aliphatic heterocycles. The van der Waals surface area contributed by atoms with Gasteiger partial charge in [-0.3, -0.25) is 4.72 Å². The molecule has 1 heterocycles. The van der Waals surface area contributed by atoms with Gasteiger partial charge in [-0.05, 0) is 40.2 Å². The second kappa shape index (κ2) is 6.11. The van der Waals surface area contributed by atoms with Gasteiger partial charge in [0.15, 0.2) is 0 Å². The standard InChI is InChI=1S/C11H8BrCl2NO3S2/c1-18-9-3-2-6(4-7(9)13)15-20(16,17)10-5-8(14)11(12)19-10/h2-5,15H,1H3. The van der Waals surface area contributed by atoms with E-state index in [0.717, 1.165) is 11.3 Å². The van der Waals surface area contributed by atoms with Crippen LogP contribution in [0.25, 0.3) is 0 Å². The van der Waals surface area contributed by atoms with E-state index < -0.39 is 10.0 Å². The summed E-state index contributed by atoms with van der Waals surface area (Å²) in [6.45, 7) is 0. The number of hydrogen-bond donors (Lipinski definition) is 1. The molecule has 1 N–H and O–H groups in total. The van der Waals surface area contributed by atoms with Crippen molar-refractivity contribution >= 4 is 66.2 Å². The molecule has 9 heteroatoms. The van der Waals surface area contributed by atoms with E-state index in [4.69, 9.17) is 27.9 Å². The largest absolute Gasteiger partial charge is 0.495 e. The topological polar surface area (TPSA) is 55.4 Å². The summed E-state index contributed by atoms with van der Waals surface area (Å²) in [7, 11) is -2.21. The first-order valence-electron chi connectivity index (χ1n) is 5.14. The lowest BCUT2D eigenvalue weighted by atomic mass is 10.3. The lowest BCUT2D eigenvalue weighted by molar-refractivity contribution is 0.415. The zero-order chi connectivity index (χ0) is 14.9. The van der Waals surface area contributed by atoms with Gasteiger partial charge < -0.3 is 4.74 Å². The van der Waals surface area contributed by atoms with Crippen LogP contribution in [0.5, 0.6) is 5.75 Å². The first-order valence-corrected chi connectivity index (χ1v) is 8.99. The van der Waals surface area contributed by atoms with E-state index in [-0.39, 0.29) is 4.21 Å². The third kappa shape index (κ3) is 3.40. The predicted molar refractivity (Wildman–Crippen MR) is 85.8 cm³/mol. The Labute approximate surface area is 138 Å². The van der Waals surface area contributed by atoms with Crippen LogP contribution in [0.1, 0.15) is 0 Å². The maximum absolute atomic E-state index is 12.2. The van der Waals surface area contributed by atoms with Crippen LogP contribution < -0.4 is 9.46 Å². The van der Waals surface area contributed by atoms with E-state index >= 15 is 0 Å². The number of methoxy groups -OCH3 is 1. The van der Waals surface area contributed by atoms with Crippen molar-refractivity contribution < 1.29 is 13.2 Å². The third-order valence-electron chi connectivity index (χ3n) is 2.29. The summed E-state index contributed by atoms with van der Waals surface area (Å²) in [5.74, 6) is 0.469. The van der Waals surface area contributed by atoms with Crippen molar-refractivity contribution in [1.82, 2.24) is 0 Å². The molecule has 0 radical (unpaired) electrons. The summed E-state index contributed by atoms with van der Waals surface area (Å²) < 4.78 is 32.5. The highest BCUT2D eigenvalue weighted by Gasteiger charge is 2.19. The minimum Gasteiger partial charge on any atom is -0.495 e. The Balaban J connectivity index is 2.31. The second-order valence-electron chi connectivity index (χ2n) is 3.64. The van der Waals surface area contributed by atoms with Crippen LogP contribution in [0.2, 0.25) is 10.0 Å². The quantitative estimate of drug-likeness (QED) is 0.790. The molecular formula is C11H8BrCl2NO3S2. The van der Waals surface area contributed by atoms with E-state index in [0.29, 0.717) is 25.3 Å². The predicted octanol–water partition coefficient (Wildman–Crippen LogP) is 4.63. The van der Waals surface area contributed by atoms with Crippen molar-refractivity contribution in [3.63, 3.8) is 0 Å². The molecule has 4 nitrogen and oxygen atoms in total. The van der Waals surface area contributed by atoms with Crippen LogP contribution in [0, 0.1) is 0 Å². The van der Waals surface area contributed by atoms with E-state index in [2.05, 4.69) is 20.7 Å². The summed E-state index contributed by atoms with van der Waals surface area (Å²) in [6, 6.07) is 6.00. The molecule has 0 atom stereocenters. The number of hydrogen-bond acceptors (Lipinski definition) is 4. The lowest BCUT2D eigenvalue weighted by Crippen LogP contribution is -2.11. The number of anilines is 1. The number of halogens is 3. The number of rotatable bonds is 4. The van der Waals surface area contributed by atoms with Crippen molar-refractivity contribution in [2.75, 3.05) is 11.8 Å². The minimum atomic E-state index is -3.70. The molecule has 0 aliphatic rings. The average molecular weight is 417 g/mol. The fourth-order valence-electron chi connectivity index (χ4n) is 1.39. The van der Waals surface area contributed by atoms with Crippen LogP contribution in [0.15, 0.2) is 32.3 Å². The van der Waals surface area contributed by atoms with Crippen molar-refractivity contribution in [3.05, 3.63) is 38.1 Å². The number of thiophene rings is 1. The van der Waals surface area contributed by atoms with Crippen LogP contribution >= 0.6 is 50.5 Å². The van der Waals surface area contributed by atoms with E-state index in [1.807, 2.05) is 0 Å². The molecular weight excluding hydrogens is 409 g/mol. The van der Waals surface area contributed by atoms with Crippen molar-refractivity contribution in [2.45, 2.75) is 4.21 Å². The molecule has 0 aliphatic carbocycles. The monoisotopic (exact) mass is 415 g/mol. The van der Waals surface area contributed by atoms with Gasteiger partial charge in [0.1, 0.15) is 9.96 Å². The fourth-order valence-corrected chi connectivity index (χ4v) is 5.10. The van der Waals surface area contributed by atoms with Crippen molar-refractivity contribution in [1.29, 1.82) is 0 Å². The Morgan fingerprint density at radius 2 is 1.95 bits per heavy atom. The molecule has 1 aromatic heterocycles. The smallest absolute Gasteiger partial charge is 0.271 e. The summed E-state index contributed by atoms with van der Waals surface area (Å²) in [6.07, 6.45) is 0. The summed E-state index contributed by atoms with van der Waals surface area (Å²) in [4.78, 5) is 0. The fraction of sp³-hybridized carbons (Fsp3) is 0.0909. The zero-order valence-corrected chi connectivity index (χ0v) is 14.7. The number of benzene rings is 1. The first-order chi connectivity index (χ1) is 9.33. The molecule has 0 saturated carbocycles. The SMILES string of the molecule is COc1ccc(NS(=O)(=O)c2cc(Cl)c(Br)s2)cc1Cl. The average Bonchev–Trinajstić information content (AvgIpc) is 2.70. The maximum atomic E-state index is 12.2. The van der Waals surface area contributed by atoms with Gasteiger partial charge in [0.2, 0.25) is 0 Å². The summed E-state index contributed by atoms with van der Waals surface area (Å²) in [5, 5.41) is 0.668. The molecule has 108 valence electrons. The van der Waals surface area contributed by atoms with Crippen LogP contribution in [0.4, 0.5) is 5.69 Å². The van der Waals surface area contributed by atoms with Gasteiger partial charge in [-0.15, -0.1) is 11.3 Å². The molecule has 2 aromatic rings. The summed E-state index contributed by atoms with van der Waals surface area (Å²) >= 11 is 16.0. The van der Waals surface area contributed by atoms with Crippen LogP contribution in [-0.2, 0) is 10.0 Å². The molecule has 0 saturated heterocycles. The highest BCUT2D eigenvalue weighted by molar-refractivity contribution is 9.11. The Hall–Kier alpha value is -0.470. The highest BCUT2D eigenvalue weighted by Crippen LogP contribution is 2.36. The van der Waals surface area contributed by atoms with Gasteiger partial charge in [-0.25, -0.2) is 8.42 Å². The van der Waals surface area contributed by atoms with Gasteiger partial charge >= 0.3 is 0 Å². The molecule has 20 heavy (non-hydrogen) atoms. The molecule has 0 unspecified atom stereocenters. The Morgan fingerprint density at radius 1 is 1.25 bits per heavy atom. The molecule has 0 fully saturated rings. The van der Waals surface area contributed by atoms with Gasteiger partial charge in [-0.2, -0.15) is 0 Å². The third-order valence-corrected chi connectivity index (χ3v) is 6.92. The van der Waals surface area contributed by atoms with Crippen molar-refractivity contribution in [3.8, 4) is 5.75 Å². The van der Waals surface area contributed by atoms with Gasteiger partial charge in [0, 0.05) is 0 Å². The molecule has 0 amide bonds. The lowest BCUT2D eigenvalue weighted by Gasteiger charge is -2.08. The Bertz CT molecular complexity index is 727. The van der Waals surface area contributed by atoms with E-state index in [1.165, 1.54) is 19.2 Å². The second-order valence-corrected chi connectivity index (χ2v) is 8.74. The van der Waals surface area contributed by atoms with E-state index in [9.17, 15) is 8.42 Å². The van der Waals surface area contributed by atoms with Crippen LogP contribution in [-0.4, -0.2) is 15.5 Å². The first kappa shape index (κ1) is 15.9. The van der Waals surface area contributed by atoms with Gasteiger partial charge in [0.05, 0.1) is 26.6 Å². The highest BCUT2D eigenvalue weighted by atomic mass is 79.9. The maximum Gasteiger partial charge on any atom is 0.271 e. The number of nitrogens with one attached hydrogen (secondary N) is 1. The van der Waals surface area contributed by atoms with Crippen molar-refractivity contribution in [2.24, 2.45) is 0 Å². The molecule has 0 bridgehead atoms. The number of ether oxygens (including phenoxy) is 1. The van der Waals surface area contributed by atoms with Gasteiger partial charge in [-0.1, -0.05) is 23.2 Å². The summed E-state index contributed by atoms with van der Waals surface area (Å²) in [5.41, 5.74) is 0.344. The molecule has 2 rings (SSSR count). The molecule has 1 aromatic carbocycles. The normalized spacial score (nSPS) is 11.4. The van der Waals surface area contributed by atoms with Gasteiger partial charge in [0.25, 0.3) is 10.0 Å². The minimum absolute atomic E-state index is 0.112. The zero-order valence-electron chi connectivity index (χ0n) is 9.98. The Morgan fingerprint density at radius 3 is 2.45 bits per heavy atom.